The van der Waals surface area contributed by atoms with E-state index >= 15 is 0 Å². The minimum Gasteiger partial charge on any atom is -0.480 e. The van der Waals surface area contributed by atoms with E-state index in [4.69, 9.17) is 4.74 Å². The van der Waals surface area contributed by atoms with E-state index in [0.29, 0.717) is 18.9 Å². The summed E-state index contributed by atoms with van der Waals surface area (Å²) in [6, 6.07) is 16.3. The van der Waals surface area contributed by atoms with E-state index in [0.717, 1.165) is 41.5 Å². The molecule has 0 spiro atoms. The fourth-order valence-electron chi connectivity index (χ4n) is 4.78. The number of carboxylic acid groups (broad SMARTS) is 1. The highest BCUT2D eigenvalue weighted by atomic mass is 16.5. The highest BCUT2D eigenvalue weighted by Gasteiger charge is 2.32. The summed E-state index contributed by atoms with van der Waals surface area (Å²) in [4.78, 5) is 38.3. The maximum Gasteiger partial charge on any atom is 0.407 e. The zero-order chi connectivity index (χ0) is 24.1. The summed E-state index contributed by atoms with van der Waals surface area (Å²) >= 11 is 0. The van der Waals surface area contributed by atoms with Crippen LogP contribution < -0.4 is 5.32 Å². The highest BCUT2D eigenvalue weighted by molar-refractivity contribution is 5.84. The second-order valence-corrected chi connectivity index (χ2v) is 9.25. The zero-order valence-corrected chi connectivity index (χ0v) is 19.5. The number of alkyl carbamates (subject to hydrolysis) is 1. The quantitative estimate of drug-likeness (QED) is 0.518. The molecule has 0 aliphatic heterocycles. The number of carbonyl (C=O) groups is 3. The summed E-state index contributed by atoms with van der Waals surface area (Å²) < 4.78 is 5.58. The number of hydrogen-bond acceptors (Lipinski definition) is 4. The number of aliphatic carboxylic acids is 1. The van der Waals surface area contributed by atoms with Crippen molar-refractivity contribution >= 4 is 18.0 Å². The number of carbonyl (C=O) groups excluding carboxylic acids is 2. The zero-order valence-electron chi connectivity index (χ0n) is 19.5. The second kappa shape index (κ2) is 10.7. The Balaban J connectivity index is 1.35. The molecule has 4 rings (SSSR count). The summed E-state index contributed by atoms with van der Waals surface area (Å²) in [6.07, 6.45) is 2.82. The molecule has 2 aliphatic rings. The van der Waals surface area contributed by atoms with Crippen molar-refractivity contribution in [3.63, 3.8) is 0 Å². The van der Waals surface area contributed by atoms with Gasteiger partial charge < -0.3 is 20.1 Å². The molecule has 1 atom stereocenters. The van der Waals surface area contributed by atoms with E-state index in [2.05, 4.69) is 29.6 Å². The lowest BCUT2D eigenvalue weighted by molar-refractivity contribution is -0.146. The van der Waals surface area contributed by atoms with Gasteiger partial charge in [-0.25, -0.2) is 4.79 Å². The van der Waals surface area contributed by atoms with Crippen LogP contribution in [0.3, 0.4) is 0 Å². The van der Waals surface area contributed by atoms with Gasteiger partial charge in [-0.1, -0.05) is 61.9 Å². The molecule has 0 saturated heterocycles. The number of ether oxygens (including phenoxy) is 1. The third-order valence-corrected chi connectivity index (χ3v) is 6.64. The van der Waals surface area contributed by atoms with Crippen molar-refractivity contribution in [2.75, 3.05) is 26.2 Å². The first kappa shape index (κ1) is 23.8. The van der Waals surface area contributed by atoms with Crippen LogP contribution in [0.2, 0.25) is 0 Å². The minimum atomic E-state index is -1.02. The maximum atomic E-state index is 13.1. The number of hydrogen-bond donors (Lipinski definition) is 2. The van der Waals surface area contributed by atoms with Gasteiger partial charge in [-0.05, 0) is 47.4 Å². The number of fused-ring (bicyclic) bond motifs is 3. The fraction of sp³-hybridized carbons (Fsp3) is 0.444. The predicted molar refractivity (Wildman–Crippen MR) is 128 cm³/mol. The number of amides is 2. The molecule has 1 fully saturated rings. The molecule has 2 amide bonds. The lowest BCUT2D eigenvalue weighted by atomic mass is 9.98. The monoisotopic (exact) mass is 464 g/mol. The highest BCUT2D eigenvalue weighted by Crippen LogP contribution is 2.44. The predicted octanol–water partition coefficient (Wildman–Crippen LogP) is 4.26. The molecule has 2 aromatic carbocycles. The van der Waals surface area contributed by atoms with E-state index in [1.165, 1.54) is 4.90 Å². The minimum absolute atomic E-state index is 0.0316. The fourth-order valence-corrected chi connectivity index (χ4v) is 4.78. The van der Waals surface area contributed by atoms with Crippen LogP contribution in [0.1, 0.15) is 49.7 Å². The average molecular weight is 465 g/mol. The Morgan fingerprint density at radius 2 is 1.68 bits per heavy atom. The Morgan fingerprint density at radius 3 is 2.24 bits per heavy atom. The van der Waals surface area contributed by atoms with Gasteiger partial charge in [0, 0.05) is 19.0 Å². The molecule has 2 aromatic rings. The molecule has 1 saturated carbocycles. The number of rotatable bonds is 11. The van der Waals surface area contributed by atoms with Crippen molar-refractivity contribution in [1.82, 2.24) is 10.2 Å². The Hall–Kier alpha value is -3.35. The summed E-state index contributed by atoms with van der Waals surface area (Å²) in [6.45, 7) is 2.47. The van der Waals surface area contributed by atoms with Crippen LogP contribution in [-0.4, -0.2) is 54.2 Å². The van der Waals surface area contributed by atoms with Crippen LogP contribution in [0.25, 0.3) is 11.1 Å². The Bertz CT molecular complexity index is 1000. The van der Waals surface area contributed by atoms with Gasteiger partial charge in [0.25, 0.3) is 0 Å². The second-order valence-electron chi connectivity index (χ2n) is 9.25. The summed E-state index contributed by atoms with van der Waals surface area (Å²) in [5, 5.41) is 12.0. The molecule has 7 nitrogen and oxygen atoms in total. The van der Waals surface area contributed by atoms with Crippen molar-refractivity contribution < 1.29 is 24.2 Å². The molecule has 180 valence electrons. The van der Waals surface area contributed by atoms with E-state index in [1.54, 1.807) is 0 Å². The smallest absolute Gasteiger partial charge is 0.407 e. The molecule has 1 unspecified atom stereocenters. The third-order valence-electron chi connectivity index (χ3n) is 6.64. The van der Waals surface area contributed by atoms with Crippen molar-refractivity contribution in [1.29, 1.82) is 0 Å². The van der Waals surface area contributed by atoms with Gasteiger partial charge in [0.1, 0.15) is 13.2 Å². The topological polar surface area (TPSA) is 95.9 Å². The first-order chi connectivity index (χ1) is 16.5. The molecule has 2 aliphatic carbocycles. The SMILES string of the molecule is CCCC(CNC(=O)OCC1c2ccccc2-c2ccccc21)C(=O)N(CC(=O)O)CC1CC1. The van der Waals surface area contributed by atoms with Crippen molar-refractivity contribution in [2.45, 2.75) is 38.5 Å². The Morgan fingerprint density at radius 1 is 1.06 bits per heavy atom. The molecule has 0 bridgehead atoms. The molecule has 34 heavy (non-hydrogen) atoms. The van der Waals surface area contributed by atoms with Crippen LogP contribution in [0, 0.1) is 11.8 Å². The molecule has 0 aromatic heterocycles. The van der Waals surface area contributed by atoms with Crippen LogP contribution >= 0.6 is 0 Å². The van der Waals surface area contributed by atoms with Gasteiger partial charge in [0.15, 0.2) is 0 Å². The first-order valence-electron chi connectivity index (χ1n) is 12.1. The van der Waals surface area contributed by atoms with Gasteiger partial charge >= 0.3 is 12.1 Å². The number of nitrogens with zero attached hydrogens (tertiary/aromatic N) is 1. The molecule has 7 heteroatoms. The standard InChI is InChI=1S/C27H32N2O5/c1-2-7-19(26(32)29(16-25(30)31)15-18-12-13-18)14-28-27(33)34-17-24-22-10-5-3-8-20(22)21-9-4-6-11-23(21)24/h3-6,8-11,18-19,24H,2,7,12-17H2,1H3,(H,28,33)(H,30,31). The van der Waals surface area contributed by atoms with Crippen molar-refractivity contribution in [3.05, 3.63) is 59.7 Å². The van der Waals surface area contributed by atoms with Crippen molar-refractivity contribution in [2.24, 2.45) is 11.8 Å². The first-order valence-corrected chi connectivity index (χ1v) is 12.1. The van der Waals surface area contributed by atoms with Gasteiger partial charge in [-0.2, -0.15) is 0 Å². The molecule has 0 heterocycles. The summed E-state index contributed by atoms with van der Waals surface area (Å²) in [7, 11) is 0. The summed E-state index contributed by atoms with van der Waals surface area (Å²) in [5.41, 5.74) is 4.60. The normalized spacial score (nSPS) is 15.2. The number of benzene rings is 2. The lowest BCUT2D eigenvalue weighted by Crippen LogP contribution is -2.44. The van der Waals surface area contributed by atoms with E-state index in [9.17, 15) is 19.5 Å². The number of nitrogens with one attached hydrogen (secondary N) is 1. The number of carboxylic acids is 1. The average Bonchev–Trinajstić information content (AvgIpc) is 3.59. The van der Waals surface area contributed by atoms with Gasteiger partial charge in [-0.15, -0.1) is 0 Å². The van der Waals surface area contributed by atoms with Gasteiger partial charge in [-0.3, -0.25) is 9.59 Å². The molecular formula is C27H32N2O5. The maximum absolute atomic E-state index is 13.1. The van der Waals surface area contributed by atoms with E-state index in [-0.39, 0.29) is 31.5 Å². The van der Waals surface area contributed by atoms with Gasteiger partial charge in [0.2, 0.25) is 5.91 Å². The van der Waals surface area contributed by atoms with Gasteiger partial charge in [0.05, 0.1) is 5.92 Å². The third kappa shape index (κ3) is 5.58. The van der Waals surface area contributed by atoms with Crippen LogP contribution in [-0.2, 0) is 14.3 Å². The molecule has 0 radical (unpaired) electrons. The van der Waals surface area contributed by atoms with Crippen LogP contribution in [0.5, 0.6) is 0 Å². The molecular weight excluding hydrogens is 432 g/mol. The largest absolute Gasteiger partial charge is 0.480 e. The van der Waals surface area contributed by atoms with E-state index < -0.39 is 18.0 Å². The van der Waals surface area contributed by atoms with Crippen LogP contribution in [0.15, 0.2) is 48.5 Å². The Kier molecular flexibility index (Phi) is 7.50. The van der Waals surface area contributed by atoms with E-state index in [1.807, 2.05) is 31.2 Å². The van der Waals surface area contributed by atoms with Crippen LogP contribution in [0.4, 0.5) is 4.79 Å². The molecule has 2 N–H and O–H groups in total. The Labute approximate surface area is 200 Å². The van der Waals surface area contributed by atoms with Crippen molar-refractivity contribution in [3.8, 4) is 11.1 Å². The lowest BCUT2D eigenvalue weighted by Gasteiger charge is -2.26. The summed E-state index contributed by atoms with van der Waals surface area (Å²) in [5.74, 6) is -1.34.